The lowest BCUT2D eigenvalue weighted by Crippen LogP contribution is -2.37. The van der Waals surface area contributed by atoms with Gasteiger partial charge in [-0.2, -0.15) is 5.10 Å². The first kappa shape index (κ1) is 13.7. The SMILES string of the molecule is Cc1nn(C)c(N2CCC(CO)CC2)c1C(N)=NO. The third-order valence-electron chi connectivity index (χ3n) is 3.73. The molecule has 1 aliphatic heterocycles. The minimum absolute atomic E-state index is 0.0879. The number of nitrogens with two attached hydrogens (primary N) is 1. The van der Waals surface area contributed by atoms with Crippen molar-refractivity contribution < 1.29 is 10.3 Å². The number of rotatable bonds is 3. The fourth-order valence-electron chi connectivity index (χ4n) is 2.69. The van der Waals surface area contributed by atoms with E-state index in [2.05, 4.69) is 15.2 Å². The molecule has 19 heavy (non-hydrogen) atoms. The lowest BCUT2D eigenvalue weighted by molar-refractivity contribution is 0.202. The second-order valence-electron chi connectivity index (χ2n) is 5.01. The highest BCUT2D eigenvalue weighted by molar-refractivity contribution is 6.02. The fraction of sp³-hybridized carbons (Fsp3) is 0.667. The molecule has 1 aliphatic rings. The number of aromatic nitrogens is 2. The molecule has 0 aromatic carbocycles. The van der Waals surface area contributed by atoms with Gasteiger partial charge >= 0.3 is 0 Å². The van der Waals surface area contributed by atoms with Gasteiger partial charge in [0.1, 0.15) is 5.82 Å². The molecule has 0 spiro atoms. The van der Waals surface area contributed by atoms with E-state index in [-0.39, 0.29) is 12.4 Å². The molecule has 106 valence electrons. The topological polar surface area (TPSA) is 99.9 Å². The summed E-state index contributed by atoms with van der Waals surface area (Å²) in [5.41, 5.74) is 7.18. The second-order valence-corrected chi connectivity index (χ2v) is 5.01. The van der Waals surface area contributed by atoms with E-state index in [1.165, 1.54) is 0 Å². The number of hydrogen-bond acceptors (Lipinski definition) is 5. The summed E-state index contributed by atoms with van der Waals surface area (Å²) < 4.78 is 1.77. The van der Waals surface area contributed by atoms with E-state index < -0.39 is 0 Å². The van der Waals surface area contributed by atoms with Crippen molar-refractivity contribution in [2.75, 3.05) is 24.6 Å². The van der Waals surface area contributed by atoms with Crippen LogP contribution in [0.4, 0.5) is 5.82 Å². The van der Waals surface area contributed by atoms with Gasteiger partial charge < -0.3 is 20.9 Å². The van der Waals surface area contributed by atoms with Gasteiger partial charge in [0.2, 0.25) is 0 Å². The quantitative estimate of drug-likeness (QED) is 0.310. The number of oxime groups is 1. The molecule has 0 amide bonds. The summed E-state index contributed by atoms with van der Waals surface area (Å²) in [7, 11) is 1.86. The fourth-order valence-corrected chi connectivity index (χ4v) is 2.69. The van der Waals surface area contributed by atoms with Crippen molar-refractivity contribution in [3.05, 3.63) is 11.3 Å². The Labute approximate surface area is 112 Å². The van der Waals surface area contributed by atoms with Crippen LogP contribution in [0.15, 0.2) is 5.16 Å². The number of aryl methyl sites for hydroxylation is 2. The molecule has 1 aromatic heterocycles. The number of anilines is 1. The number of aliphatic hydroxyl groups excluding tert-OH is 1. The molecule has 0 saturated carbocycles. The Kier molecular flexibility index (Phi) is 3.94. The highest BCUT2D eigenvalue weighted by Gasteiger charge is 2.26. The zero-order valence-corrected chi connectivity index (χ0v) is 11.4. The van der Waals surface area contributed by atoms with Crippen LogP contribution < -0.4 is 10.6 Å². The van der Waals surface area contributed by atoms with Gasteiger partial charge in [-0.05, 0) is 25.7 Å². The molecular weight excluding hydrogens is 246 g/mol. The van der Waals surface area contributed by atoms with E-state index in [1.54, 1.807) is 4.68 Å². The van der Waals surface area contributed by atoms with Crippen molar-refractivity contribution in [2.45, 2.75) is 19.8 Å². The molecule has 0 unspecified atom stereocenters. The molecule has 0 radical (unpaired) electrons. The normalized spacial score (nSPS) is 18.1. The van der Waals surface area contributed by atoms with Crippen molar-refractivity contribution in [3.8, 4) is 0 Å². The molecule has 0 atom stereocenters. The molecule has 1 fully saturated rings. The van der Waals surface area contributed by atoms with E-state index in [4.69, 9.17) is 10.9 Å². The Morgan fingerprint density at radius 3 is 2.63 bits per heavy atom. The van der Waals surface area contributed by atoms with Gasteiger partial charge in [-0.15, -0.1) is 0 Å². The van der Waals surface area contributed by atoms with Crippen LogP contribution in [0.3, 0.4) is 0 Å². The van der Waals surface area contributed by atoms with Crippen LogP contribution in [-0.4, -0.2) is 45.6 Å². The number of hydrogen-bond donors (Lipinski definition) is 3. The van der Waals surface area contributed by atoms with Crippen molar-refractivity contribution in [1.82, 2.24) is 9.78 Å². The van der Waals surface area contributed by atoms with Gasteiger partial charge in [0.05, 0.1) is 11.3 Å². The first-order valence-electron chi connectivity index (χ1n) is 6.45. The Morgan fingerprint density at radius 1 is 1.47 bits per heavy atom. The summed E-state index contributed by atoms with van der Waals surface area (Å²) in [6.07, 6.45) is 1.88. The minimum atomic E-state index is 0.0879. The van der Waals surface area contributed by atoms with Gasteiger partial charge in [0.15, 0.2) is 5.84 Å². The summed E-state index contributed by atoms with van der Waals surface area (Å²) in [6, 6.07) is 0. The third-order valence-corrected chi connectivity index (χ3v) is 3.73. The Hall–Kier alpha value is -1.76. The molecule has 2 heterocycles. The minimum Gasteiger partial charge on any atom is -0.409 e. The first-order chi connectivity index (χ1) is 9.08. The van der Waals surface area contributed by atoms with E-state index in [0.717, 1.165) is 37.4 Å². The number of aliphatic hydroxyl groups is 1. The van der Waals surface area contributed by atoms with E-state index in [0.29, 0.717) is 11.5 Å². The smallest absolute Gasteiger partial charge is 0.175 e. The van der Waals surface area contributed by atoms with Gasteiger partial charge in [0, 0.05) is 26.7 Å². The summed E-state index contributed by atoms with van der Waals surface area (Å²) >= 11 is 0. The molecule has 0 bridgehead atoms. The predicted octanol–water partition coefficient (Wildman–Crippen LogP) is 0.0317. The standard InChI is InChI=1S/C12H21N5O2/c1-8-10(11(13)15-19)12(16(2)14-8)17-5-3-9(7-18)4-6-17/h9,18-19H,3-7H2,1-2H3,(H2,13,15). The summed E-state index contributed by atoms with van der Waals surface area (Å²) in [6.45, 7) is 3.77. The number of amidine groups is 1. The van der Waals surface area contributed by atoms with Crippen LogP contribution in [0.1, 0.15) is 24.1 Å². The Bertz CT molecular complexity index is 475. The first-order valence-corrected chi connectivity index (χ1v) is 6.45. The van der Waals surface area contributed by atoms with Crippen LogP contribution in [0.2, 0.25) is 0 Å². The van der Waals surface area contributed by atoms with Crippen LogP contribution in [-0.2, 0) is 7.05 Å². The van der Waals surface area contributed by atoms with E-state index >= 15 is 0 Å². The zero-order valence-electron chi connectivity index (χ0n) is 11.4. The molecule has 7 nitrogen and oxygen atoms in total. The largest absolute Gasteiger partial charge is 0.409 e. The summed E-state index contributed by atoms with van der Waals surface area (Å²) in [5.74, 6) is 1.34. The number of nitrogens with zero attached hydrogens (tertiary/aromatic N) is 4. The molecule has 2 rings (SSSR count). The average molecular weight is 267 g/mol. The third kappa shape index (κ3) is 2.51. The van der Waals surface area contributed by atoms with E-state index in [9.17, 15) is 5.11 Å². The van der Waals surface area contributed by atoms with Crippen molar-refractivity contribution >= 4 is 11.7 Å². The van der Waals surface area contributed by atoms with Gasteiger partial charge in [-0.25, -0.2) is 0 Å². The van der Waals surface area contributed by atoms with Gasteiger partial charge in [-0.1, -0.05) is 5.16 Å². The Balaban J connectivity index is 2.30. The van der Waals surface area contributed by atoms with Crippen molar-refractivity contribution in [3.63, 3.8) is 0 Å². The van der Waals surface area contributed by atoms with Crippen LogP contribution in [0.25, 0.3) is 0 Å². The van der Waals surface area contributed by atoms with E-state index in [1.807, 2.05) is 14.0 Å². The highest BCUT2D eigenvalue weighted by atomic mass is 16.4. The molecule has 1 aromatic rings. The predicted molar refractivity (Wildman–Crippen MR) is 72.5 cm³/mol. The monoisotopic (exact) mass is 267 g/mol. The van der Waals surface area contributed by atoms with Crippen LogP contribution >= 0.6 is 0 Å². The maximum atomic E-state index is 9.18. The molecule has 0 aliphatic carbocycles. The summed E-state index contributed by atoms with van der Waals surface area (Å²) in [4.78, 5) is 2.18. The molecule has 1 saturated heterocycles. The number of piperidine rings is 1. The van der Waals surface area contributed by atoms with Crippen molar-refractivity contribution in [1.29, 1.82) is 0 Å². The average Bonchev–Trinajstić information content (AvgIpc) is 2.72. The second kappa shape index (κ2) is 5.48. The van der Waals surface area contributed by atoms with Crippen molar-refractivity contribution in [2.24, 2.45) is 23.9 Å². The zero-order chi connectivity index (χ0) is 14.0. The maximum Gasteiger partial charge on any atom is 0.175 e. The molecular formula is C12H21N5O2. The maximum absolute atomic E-state index is 9.18. The van der Waals surface area contributed by atoms with Gasteiger partial charge in [-0.3, -0.25) is 4.68 Å². The van der Waals surface area contributed by atoms with Crippen LogP contribution in [0, 0.1) is 12.8 Å². The lowest BCUT2D eigenvalue weighted by Gasteiger charge is -2.33. The van der Waals surface area contributed by atoms with Gasteiger partial charge in [0.25, 0.3) is 0 Å². The molecule has 7 heteroatoms. The Morgan fingerprint density at radius 2 is 2.11 bits per heavy atom. The summed E-state index contributed by atoms with van der Waals surface area (Å²) in [5, 5.41) is 25.5. The highest BCUT2D eigenvalue weighted by Crippen LogP contribution is 2.27. The van der Waals surface area contributed by atoms with Crippen LogP contribution in [0.5, 0.6) is 0 Å². The molecule has 4 N–H and O–H groups in total. The lowest BCUT2D eigenvalue weighted by atomic mass is 9.97.